The molecule has 0 fully saturated rings. The molecular weight excluding hydrogens is 280 g/mol. The van der Waals surface area contributed by atoms with Crippen LogP contribution in [-0.2, 0) is 0 Å². The first-order valence-electron chi connectivity index (χ1n) is 7.01. The van der Waals surface area contributed by atoms with Crippen molar-refractivity contribution in [3.8, 4) is 5.69 Å². The fourth-order valence-corrected chi connectivity index (χ4v) is 1.93. The Morgan fingerprint density at radius 3 is 2.55 bits per heavy atom. The summed E-state index contributed by atoms with van der Waals surface area (Å²) in [5.74, 6) is -0.520. The average Bonchev–Trinajstić information content (AvgIpc) is 2.45. The van der Waals surface area contributed by atoms with Gasteiger partial charge in [-0.1, -0.05) is 18.2 Å². The molecule has 0 saturated heterocycles. The second kappa shape index (κ2) is 6.11. The number of aryl methyl sites for hydroxylation is 1. The minimum absolute atomic E-state index is 0.140. The van der Waals surface area contributed by atoms with Crippen LogP contribution in [0, 0.1) is 6.92 Å². The molecular formula is C16H20N4O2. The molecule has 116 valence electrons. The van der Waals surface area contributed by atoms with E-state index in [0.29, 0.717) is 5.69 Å². The third-order valence-corrected chi connectivity index (χ3v) is 3.03. The van der Waals surface area contributed by atoms with Crippen LogP contribution < -0.4 is 16.5 Å². The van der Waals surface area contributed by atoms with E-state index in [1.54, 1.807) is 25.5 Å². The molecule has 2 rings (SSSR count). The van der Waals surface area contributed by atoms with Gasteiger partial charge in [0.1, 0.15) is 0 Å². The summed E-state index contributed by atoms with van der Waals surface area (Å²) in [6, 6.07) is 10.7. The van der Waals surface area contributed by atoms with Crippen molar-refractivity contribution in [1.29, 1.82) is 0 Å². The summed E-state index contributed by atoms with van der Waals surface area (Å²) in [7, 11) is 0. The lowest BCUT2D eigenvalue weighted by Gasteiger charge is -2.18. The maximum absolute atomic E-state index is 12.2. The first-order valence-corrected chi connectivity index (χ1v) is 7.01. The van der Waals surface area contributed by atoms with Crippen LogP contribution in [0.15, 0.2) is 41.2 Å². The summed E-state index contributed by atoms with van der Waals surface area (Å²) in [6.45, 7) is 5.61. The van der Waals surface area contributed by atoms with E-state index in [1.807, 2.05) is 30.3 Å². The molecule has 1 amide bonds. The third kappa shape index (κ3) is 3.79. The molecule has 6 heteroatoms. The highest BCUT2D eigenvalue weighted by molar-refractivity contribution is 5.92. The number of carbonyl (C=O) groups is 1. The Morgan fingerprint density at radius 1 is 1.32 bits per heavy atom. The van der Waals surface area contributed by atoms with E-state index >= 15 is 0 Å². The number of hydrogen-bond donors (Lipinski definition) is 2. The van der Waals surface area contributed by atoms with E-state index < -0.39 is 16.9 Å². The van der Waals surface area contributed by atoms with Crippen LogP contribution in [0.3, 0.4) is 0 Å². The Balaban J connectivity index is 2.37. The Hall–Kier alpha value is -2.47. The van der Waals surface area contributed by atoms with Crippen LogP contribution in [0.4, 0.5) is 0 Å². The lowest BCUT2D eigenvalue weighted by molar-refractivity contribution is 0.0938. The summed E-state index contributed by atoms with van der Waals surface area (Å²) >= 11 is 0. The van der Waals surface area contributed by atoms with Crippen molar-refractivity contribution in [2.24, 2.45) is 5.73 Å². The number of amides is 1. The molecule has 3 N–H and O–H groups in total. The maximum Gasteiger partial charge on any atom is 0.275 e. The summed E-state index contributed by atoms with van der Waals surface area (Å²) in [6.07, 6.45) is 0. The van der Waals surface area contributed by atoms with Crippen LogP contribution in [0.25, 0.3) is 5.69 Å². The third-order valence-electron chi connectivity index (χ3n) is 3.03. The van der Waals surface area contributed by atoms with Crippen molar-refractivity contribution >= 4 is 5.91 Å². The van der Waals surface area contributed by atoms with Gasteiger partial charge in [0.2, 0.25) is 5.43 Å². The van der Waals surface area contributed by atoms with E-state index in [0.717, 1.165) is 5.69 Å². The number of benzene rings is 1. The highest BCUT2D eigenvalue weighted by Crippen LogP contribution is 2.07. The summed E-state index contributed by atoms with van der Waals surface area (Å²) in [5, 5.41) is 6.83. The molecule has 0 atom stereocenters. The number of para-hydroxylation sites is 1. The molecule has 0 unspecified atom stereocenters. The van der Waals surface area contributed by atoms with Crippen LogP contribution >= 0.6 is 0 Å². The number of hydrogen-bond acceptors (Lipinski definition) is 4. The van der Waals surface area contributed by atoms with Gasteiger partial charge in [-0.3, -0.25) is 9.59 Å². The van der Waals surface area contributed by atoms with Crippen LogP contribution in [0.5, 0.6) is 0 Å². The Kier molecular flexibility index (Phi) is 4.42. The van der Waals surface area contributed by atoms with Gasteiger partial charge < -0.3 is 11.1 Å². The summed E-state index contributed by atoms with van der Waals surface area (Å²) in [4.78, 5) is 24.2. The first kappa shape index (κ1) is 15.9. The molecule has 0 aliphatic rings. The number of aromatic nitrogens is 2. The predicted octanol–water partition coefficient (Wildman–Crippen LogP) is 1.01. The maximum atomic E-state index is 12.2. The molecule has 1 aromatic heterocycles. The minimum Gasteiger partial charge on any atom is -0.349 e. The largest absolute Gasteiger partial charge is 0.349 e. The highest BCUT2D eigenvalue weighted by atomic mass is 16.2. The van der Waals surface area contributed by atoms with Gasteiger partial charge in [0.25, 0.3) is 5.91 Å². The van der Waals surface area contributed by atoms with Gasteiger partial charge in [0, 0.05) is 23.8 Å². The average molecular weight is 300 g/mol. The zero-order valence-corrected chi connectivity index (χ0v) is 13.0. The predicted molar refractivity (Wildman–Crippen MR) is 85.2 cm³/mol. The Bertz CT molecular complexity index is 730. The van der Waals surface area contributed by atoms with Gasteiger partial charge >= 0.3 is 0 Å². The number of nitrogens with one attached hydrogen (secondary N) is 1. The van der Waals surface area contributed by atoms with Gasteiger partial charge in [0.05, 0.1) is 5.69 Å². The van der Waals surface area contributed by atoms with E-state index in [4.69, 9.17) is 5.73 Å². The van der Waals surface area contributed by atoms with Gasteiger partial charge in [-0.2, -0.15) is 5.10 Å². The summed E-state index contributed by atoms with van der Waals surface area (Å²) < 4.78 is 1.57. The number of carbonyl (C=O) groups excluding carboxylic acids is 1. The van der Waals surface area contributed by atoms with Gasteiger partial charge in [-0.05, 0) is 32.9 Å². The monoisotopic (exact) mass is 300 g/mol. The molecule has 0 spiro atoms. The molecule has 22 heavy (non-hydrogen) atoms. The number of nitrogens with zero attached hydrogens (tertiary/aromatic N) is 2. The van der Waals surface area contributed by atoms with Crippen molar-refractivity contribution in [2.45, 2.75) is 26.3 Å². The Labute approximate surface area is 129 Å². The topological polar surface area (TPSA) is 90.0 Å². The van der Waals surface area contributed by atoms with Gasteiger partial charge in [-0.25, -0.2) is 4.68 Å². The van der Waals surface area contributed by atoms with Crippen molar-refractivity contribution < 1.29 is 4.79 Å². The SMILES string of the molecule is Cc1cc(=O)c(C(=O)NCC(C)(C)N)nn1-c1ccccc1. The van der Waals surface area contributed by atoms with Crippen molar-refractivity contribution in [3.63, 3.8) is 0 Å². The second-order valence-corrected chi connectivity index (χ2v) is 5.92. The highest BCUT2D eigenvalue weighted by Gasteiger charge is 2.18. The normalized spacial score (nSPS) is 11.3. The second-order valence-electron chi connectivity index (χ2n) is 5.92. The minimum atomic E-state index is -0.557. The zero-order chi connectivity index (χ0) is 16.3. The molecule has 0 saturated carbocycles. The fraction of sp³-hybridized carbons (Fsp3) is 0.312. The molecule has 0 radical (unpaired) electrons. The molecule has 6 nitrogen and oxygen atoms in total. The first-order chi connectivity index (χ1) is 10.3. The van der Waals surface area contributed by atoms with E-state index in [2.05, 4.69) is 10.4 Å². The standard InChI is InChI=1S/C16H20N4O2/c1-11-9-13(21)14(15(22)18-10-16(2,3)17)19-20(11)12-7-5-4-6-8-12/h4-9H,10,17H2,1-3H3,(H,18,22). The van der Waals surface area contributed by atoms with E-state index in [1.165, 1.54) is 6.07 Å². The summed E-state index contributed by atoms with van der Waals surface area (Å²) in [5.41, 5.74) is 6.17. The number of rotatable bonds is 4. The smallest absolute Gasteiger partial charge is 0.275 e. The fourth-order valence-electron chi connectivity index (χ4n) is 1.93. The number of nitrogens with two attached hydrogens (primary N) is 1. The van der Waals surface area contributed by atoms with Gasteiger partial charge in [-0.15, -0.1) is 0 Å². The molecule has 0 aliphatic carbocycles. The van der Waals surface area contributed by atoms with Crippen LogP contribution in [-0.4, -0.2) is 27.8 Å². The molecule has 1 heterocycles. The molecule has 2 aromatic rings. The van der Waals surface area contributed by atoms with Crippen molar-refractivity contribution in [2.75, 3.05) is 6.54 Å². The Morgan fingerprint density at radius 2 is 1.95 bits per heavy atom. The van der Waals surface area contributed by atoms with E-state index in [-0.39, 0.29) is 12.2 Å². The lowest BCUT2D eigenvalue weighted by Crippen LogP contribution is -2.46. The van der Waals surface area contributed by atoms with Crippen LogP contribution in [0.2, 0.25) is 0 Å². The van der Waals surface area contributed by atoms with Crippen molar-refractivity contribution in [1.82, 2.24) is 15.1 Å². The lowest BCUT2D eigenvalue weighted by atomic mass is 10.1. The molecule has 0 bridgehead atoms. The van der Waals surface area contributed by atoms with Crippen LogP contribution in [0.1, 0.15) is 30.0 Å². The van der Waals surface area contributed by atoms with E-state index in [9.17, 15) is 9.59 Å². The molecule has 0 aliphatic heterocycles. The zero-order valence-electron chi connectivity index (χ0n) is 13.0. The molecule has 1 aromatic carbocycles. The quantitative estimate of drug-likeness (QED) is 0.881. The van der Waals surface area contributed by atoms with Gasteiger partial charge in [0.15, 0.2) is 5.69 Å². The van der Waals surface area contributed by atoms with Crippen molar-refractivity contribution in [3.05, 3.63) is 58.0 Å².